The molecule has 0 fully saturated rings. The van der Waals surface area contributed by atoms with Crippen molar-refractivity contribution in [2.24, 2.45) is 0 Å². The molecule has 1 atom stereocenters. The van der Waals surface area contributed by atoms with Crippen LogP contribution in [0.1, 0.15) is 17.2 Å². The Morgan fingerprint density at radius 1 is 1.06 bits per heavy atom. The van der Waals surface area contributed by atoms with E-state index in [1.54, 1.807) is 18.2 Å². The van der Waals surface area contributed by atoms with Crippen molar-refractivity contribution >= 4 is 15.9 Å². The Bertz CT molecular complexity index is 499. The third kappa shape index (κ3) is 2.31. The van der Waals surface area contributed by atoms with Crippen molar-refractivity contribution in [3.8, 4) is 0 Å². The minimum absolute atomic E-state index is 0.344. The molecule has 0 amide bonds. The normalized spacial score (nSPS) is 12.4. The van der Waals surface area contributed by atoms with Crippen molar-refractivity contribution in [2.75, 3.05) is 0 Å². The van der Waals surface area contributed by atoms with Gasteiger partial charge in [-0.3, -0.25) is 0 Å². The maximum absolute atomic E-state index is 13.0. The van der Waals surface area contributed by atoms with Crippen molar-refractivity contribution in [1.82, 2.24) is 0 Å². The minimum atomic E-state index is -0.814. The fraction of sp³-hybridized carbons (Fsp3) is 0.0769. The molecule has 82 valence electrons. The number of hydrogen-bond acceptors (Lipinski definition) is 1. The number of benzene rings is 2. The van der Waals surface area contributed by atoms with Crippen LogP contribution in [0.3, 0.4) is 0 Å². The van der Waals surface area contributed by atoms with Crippen LogP contribution in [0, 0.1) is 5.82 Å². The summed E-state index contributed by atoms with van der Waals surface area (Å²) in [5.41, 5.74) is 1.28. The standard InChI is InChI=1S/C13H10BrFO/c14-12-7-2-1-6-11(12)13(16)9-4-3-5-10(15)8-9/h1-8,13,16H/t13-/m1/s1. The van der Waals surface area contributed by atoms with E-state index in [0.29, 0.717) is 5.56 Å². The monoisotopic (exact) mass is 280 g/mol. The predicted molar refractivity (Wildman–Crippen MR) is 64.6 cm³/mol. The van der Waals surface area contributed by atoms with Gasteiger partial charge in [-0.2, -0.15) is 0 Å². The molecule has 0 bridgehead atoms. The lowest BCUT2D eigenvalue weighted by Gasteiger charge is -2.13. The first-order valence-corrected chi connectivity index (χ1v) is 5.66. The number of rotatable bonds is 2. The molecule has 2 aromatic carbocycles. The van der Waals surface area contributed by atoms with E-state index >= 15 is 0 Å². The lowest BCUT2D eigenvalue weighted by Crippen LogP contribution is -2.00. The van der Waals surface area contributed by atoms with Gasteiger partial charge in [-0.1, -0.05) is 46.3 Å². The molecule has 0 radical (unpaired) electrons. The smallest absolute Gasteiger partial charge is 0.123 e. The van der Waals surface area contributed by atoms with E-state index < -0.39 is 6.10 Å². The summed E-state index contributed by atoms with van der Waals surface area (Å²) in [7, 11) is 0. The van der Waals surface area contributed by atoms with Gasteiger partial charge in [-0.25, -0.2) is 4.39 Å². The van der Waals surface area contributed by atoms with Crippen LogP contribution >= 0.6 is 15.9 Å². The molecule has 2 aromatic rings. The van der Waals surface area contributed by atoms with Gasteiger partial charge < -0.3 is 5.11 Å². The average molecular weight is 281 g/mol. The Balaban J connectivity index is 2.39. The fourth-order valence-electron chi connectivity index (χ4n) is 1.55. The van der Waals surface area contributed by atoms with Crippen LogP contribution in [0.15, 0.2) is 53.0 Å². The first-order chi connectivity index (χ1) is 7.68. The summed E-state index contributed by atoms with van der Waals surface area (Å²) in [5, 5.41) is 10.1. The van der Waals surface area contributed by atoms with E-state index in [4.69, 9.17) is 0 Å². The van der Waals surface area contributed by atoms with Gasteiger partial charge in [0.15, 0.2) is 0 Å². The Morgan fingerprint density at radius 3 is 2.50 bits per heavy atom. The van der Waals surface area contributed by atoms with Crippen molar-refractivity contribution in [2.45, 2.75) is 6.10 Å². The van der Waals surface area contributed by atoms with Crippen LogP contribution < -0.4 is 0 Å². The zero-order valence-electron chi connectivity index (χ0n) is 8.40. The predicted octanol–water partition coefficient (Wildman–Crippen LogP) is 3.67. The van der Waals surface area contributed by atoms with Gasteiger partial charge in [0.2, 0.25) is 0 Å². The molecule has 0 heterocycles. The summed E-state index contributed by atoms with van der Waals surface area (Å²) in [5.74, 6) is -0.344. The second-order valence-electron chi connectivity index (χ2n) is 3.48. The quantitative estimate of drug-likeness (QED) is 0.890. The molecule has 0 unspecified atom stereocenters. The highest BCUT2D eigenvalue weighted by molar-refractivity contribution is 9.10. The molecule has 0 aliphatic heterocycles. The summed E-state index contributed by atoms with van der Waals surface area (Å²) in [6.07, 6.45) is -0.814. The van der Waals surface area contributed by atoms with Crippen LogP contribution in [0.2, 0.25) is 0 Å². The molecule has 2 rings (SSSR count). The molecule has 0 aliphatic rings. The first-order valence-electron chi connectivity index (χ1n) is 4.86. The van der Waals surface area contributed by atoms with Crippen molar-refractivity contribution in [1.29, 1.82) is 0 Å². The second kappa shape index (κ2) is 4.76. The number of aliphatic hydroxyl groups is 1. The van der Waals surface area contributed by atoms with Crippen LogP contribution in [0.4, 0.5) is 4.39 Å². The van der Waals surface area contributed by atoms with Gasteiger partial charge in [-0.05, 0) is 29.3 Å². The average Bonchev–Trinajstić information content (AvgIpc) is 2.29. The molecule has 1 N–H and O–H groups in total. The molecular formula is C13H10BrFO. The fourth-order valence-corrected chi connectivity index (χ4v) is 2.05. The molecule has 0 spiro atoms. The van der Waals surface area contributed by atoms with Gasteiger partial charge in [-0.15, -0.1) is 0 Å². The number of aliphatic hydroxyl groups excluding tert-OH is 1. The largest absolute Gasteiger partial charge is 0.384 e. The van der Waals surface area contributed by atoms with Gasteiger partial charge in [0, 0.05) is 4.47 Å². The van der Waals surface area contributed by atoms with E-state index in [9.17, 15) is 9.50 Å². The van der Waals surface area contributed by atoms with Gasteiger partial charge in [0.1, 0.15) is 11.9 Å². The van der Waals surface area contributed by atoms with Crippen LogP contribution in [0.5, 0.6) is 0 Å². The minimum Gasteiger partial charge on any atom is -0.384 e. The third-order valence-corrected chi connectivity index (χ3v) is 3.09. The summed E-state index contributed by atoms with van der Waals surface area (Å²) in [4.78, 5) is 0. The van der Waals surface area contributed by atoms with Gasteiger partial charge >= 0.3 is 0 Å². The molecule has 16 heavy (non-hydrogen) atoms. The lowest BCUT2D eigenvalue weighted by molar-refractivity contribution is 0.219. The Morgan fingerprint density at radius 2 is 1.81 bits per heavy atom. The summed E-state index contributed by atoms with van der Waals surface area (Å²) in [6.45, 7) is 0. The Kier molecular flexibility index (Phi) is 3.36. The zero-order chi connectivity index (χ0) is 11.5. The van der Waals surface area contributed by atoms with Gasteiger partial charge in [0.05, 0.1) is 0 Å². The lowest BCUT2D eigenvalue weighted by atomic mass is 10.0. The SMILES string of the molecule is O[C@H](c1cccc(F)c1)c1ccccc1Br. The highest BCUT2D eigenvalue weighted by Crippen LogP contribution is 2.28. The maximum Gasteiger partial charge on any atom is 0.123 e. The second-order valence-corrected chi connectivity index (χ2v) is 4.33. The van der Waals surface area contributed by atoms with E-state index in [-0.39, 0.29) is 5.82 Å². The van der Waals surface area contributed by atoms with E-state index in [1.165, 1.54) is 12.1 Å². The maximum atomic E-state index is 13.0. The molecule has 1 nitrogen and oxygen atoms in total. The molecule has 0 saturated carbocycles. The highest BCUT2D eigenvalue weighted by Gasteiger charge is 2.13. The van der Waals surface area contributed by atoms with Crippen molar-refractivity contribution in [3.63, 3.8) is 0 Å². The van der Waals surface area contributed by atoms with Crippen LogP contribution in [-0.2, 0) is 0 Å². The Hall–Kier alpha value is -1.19. The topological polar surface area (TPSA) is 20.2 Å². The van der Waals surface area contributed by atoms with E-state index in [2.05, 4.69) is 15.9 Å². The van der Waals surface area contributed by atoms with E-state index in [0.717, 1.165) is 10.0 Å². The number of halogens is 2. The van der Waals surface area contributed by atoms with E-state index in [1.807, 2.05) is 18.2 Å². The van der Waals surface area contributed by atoms with Crippen molar-refractivity contribution < 1.29 is 9.50 Å². The van der Waals surface area contributed by atoms with Crippen LogP contribution in [0.25, 0.3) is 0 Å². The summed E-state index contributed by atoms with van der Waals surface area (Å²) < 4.78 is 13.8. The molecular weight excluding hydrogens is 271 g/mol. The highest BCUT2D eigenvalue weighted by atomic mass is 79.9. The summed E-state index contributed by atoms with van der Waals surface area (Å²) in [6, 6.07) is 13.3. The molecule has 0 aromatic heterocycles. The first kappa shape index (κ1) is 11.3. The molecule has 0 saturated heterocycles. The van der Waals surface area contributed by atoms with Crippen LogP contribution in [-0.4, -0.2) is 5.11 Å². The van der Waals surface area contributed by atoms with Gasteiger partial charge in [0.25, 0.3) is 0 Å². The molecule has 0 aliphatic carbocycles. The molecule has 3 heteroatoms. The zero-order valence-corrected chi connectivity index (χ0v) is 9.99. The Labute approximate surface area is 102 Å². The van der Waals surface area contributed by atoms with Crippen molar-refractivity contribution in [3.05, 3.63) is 69.9 Å². The third-order valence-electron chi connectivity index (χ3n) is 2.36. The summed E-state index contributed by atoms with van der Waals surface area (Å²) >= 11 is 3.36. The number of hydrogen-bond donors (Lipinski definition) is 1.